The first-order valence-electron chi connectivity index (χ1n) is 9.49. The second-order valence-corrected chi connectivity index (χ2v) is 7.77. The molecule has 1 aromatic heterocycles. The summed E-state index contributed by atoms with van der Waals surface area (Å²) in [5.74, 6) is -0.792. The summed E-state index contributed by atoms with van der Waals surface area (Å²) in [6.07, 6.45) is -0.900. The third-order valence-corrected chi connectivity index (χ3v) is 5.32. The molecule has 0 saturated heterocycles. The van der Waals surface area contributed by atoms with Gasteiger partial charge in [-0.2, -0.15) is 0 Å². The van der Waals surface area contributed by atoms with E-state index in [1.807, 2.05) is 54.6 Å². The van der Waals surface area contributed by atoms with E-state index >= 15 is 0 Å². The van der Waals surface area contributed by atoms with Crippen molar-refractivity contribution in [3.8, 4) is 11.3 Å². The molecule has 4 aromatic rings. The molecule has 0 N–H and O–H groups in total. The number of rotatable bonds is 5. The highest BCUT2D eigenvalue weighted by Crippen LogP contribution is 2.27. The zero-order valence-electron chi connectivity index (χ0n) is 16.2. The average molecular weight is 460 g/mol. The Morgan fingerprint density at radius 1 is 0.900 bits per heavy atom. The number of hydrogen-bond acceptors (Lipinski definition) is 4. The van der Waals surface area contributed by atoms with Crippen LogP contribution in [0.25, 0.3) is 22.2 Å². The Labute approximate surface area is 182 Å². The largest absolute Gasteiger partial charge is 0.451 e. The van der Waals surface area contributed by atoms with E-state index in [2.05, 4.69) is 15.9 Å². The maximum Gasteiger partial charge on any atom is 0.339 e. The average Bonchev–Trinajstić information content (AvgIpc) is 2.78. The van der Waals surface area contributed by atoms with Gasteiger partial charge in [-0.3, -0.25) is 4.79 Å². The Morgan fingerprint density at radius 3 is 2.30 bits per heavy atom. The Bertz CT molecular complexity index is 1220. The number of hydrogen-bond donors (Lipinski definition) is 0. The van der Waals surface area contributed by atoms with Gasteiger partial charge in [0, 0.05) is 21.0 Å². The van der Waals surface area contributed by atoms with Crippen molar-refractivity contribution >= 4 is 38.6 Å². The number of benzene rings is 3. The van der Waals surface area contributed by atoms with E-state index < -0.39 is 12.1 Å². The first kappa shape index (κ1) is 20.0. The highest BCUT2D eigenvalue weighted by molar-refractivity contribution is 9.10. The van der Waals surface area contributed by atoms with Gasteiger partial charge in [0.05, 0.1) is 16.8 Å². The Hall–Kier alpha value is -3.31. The molecular formula is C25H18BrNO3. The van der Waals surface area contributed by atoms with Crippen LogP contribution in [-0.2, 0) is 4.74 Å². The molecule has 0 saturated carbocycles. The van der Waals surface area contributed by atoms with Crippen molar-refractivity contribution in [2.24, 2.45) is 0 Å². The predicted octanol–water partition coefficient (Wildman–Crippen LogP) is 6.09. The quantitative estimate of drug-likeness (QED) is 0.267. The first-order valence-corrected chi connectivity index (χ1v) is 10.3. The van der Waals surface area contributed by atoms with Gasteiger partial charge in [0.15, 0.2) is 6.10 Å². The summed E-state index contributed by atoms with van der Waals surface area (Å²) in [4.78, 5) is 30.3. The SMILES string of the molecule is C[C@H](OC(=O)c1cc(-c2ccc(Br)cc2)nc2ccccc12)C(=O)c1ccccc1. The van der Waals surface area contributed by atoms with E-state index in [4.69, 9.17) is 9.72 Å². The fourth-order valence-corrected chi connectivity index (χ4v) is 3.49. The van der Waals surface area contributed by atoms with Crippen molar-refractivity contribution in [3.63, 3.8) is 0 Å². The third kappa shape index (κ3) is 4.16. The number of ether oxygens (including phenoxy) is 1. The van der Waals surface area contributed by atoms with Crippen LogP contribution < -0.4 is 0 Å². The third-order valence-electron chi connectivity index (χ3n) is 4.79. The van der Waals surface area contributed by atoms with Crippen LogP contribution in [0.2, 0.25) is 0 Å². The Kier molecular flexibility index (Phi) is 5.72. The number of carbonyl (C=O) groups excluding carboxylic acids is 2. The van der Waals surface area contributed by atoms with Crippen LogP contribution >= 0.6 is 15.9 Å². The van der Waals surface area contributed by atoms with Crippen LogP contribution in [-0.4, -0.2) is 22.8 Å². The van der Waals surface area contributed by atoms with Gasteiger partial charge in [0.1, 0.15) is 0 Å². The second kappa shape index (κ2) is 8.59. The van der Waals surface area contributed by atoms with E-state index in [-0.39, 0.29) is 5.78 Å². The molecule has 0 fully saturated rings. The minimum Gasteiger partial charge on any atom is -0.451 e. The van der Waals surface area contributed by atoms with Crippen LogP contribution in [0.15, 0.2) is 89.4 Å². The van der Waals surface area contributed by atoms with Gasteiger partial charge < -0.3 is 4.74 Å². The fraction of sp³-hybridized carbons (Fsp3) is 0.0800. The monoisotopic (exact) mass is 459 g/mol. The van der Waals surface area contributed by atoms with Gasteiger partial charge in [0.2, 0.25) is 5.78 Å². The van der Waals surface area contributed by atoms with E-state index in [1.165, 1.54) is 0 Å². The molecule has 0 bridgehead atoms. The van der Waals surface area contributed by atoms with Crippen LogP contribution in [0, 0.1) is 0 Å². The van der Waals surface area contributed by atoms with E-state index in [0.717, 1.165) is 10.0 Å². The van der Waals surface area contributed by atoms with Crippen molar-refractivity contribution < 1.29 is 14.3 Å². The summed E-state index contributed by atoms with van der Waals surface area (Å²) >= 11 is 3.43. The first-order chi connectivity index (χ1) is 14.5. The van der Waals surface area contributed by atoms with Gasteiger partial charge in [-0.25, -0.2) is 9.78 Å². The Morgan fingerprint density at radius 2 is 1.57 bits per heavy atom. The van der Waals surface area contributed by atoms with Crippen molar-refractivity contribution in [3.05, 3.63) is 101 Å². The van der Waals surface area contributed by atoms with Crippen LogP contribution in [0.1, 0.15) is 27.6 Å². The summed E-state index contributed by atoms with van der Waals surface area (Å²) in [7, 11) is 0. The van der Waals surface area contributed by atoms with Crippen molar-refractivity contribution in [1.29, 1.82) is 0 Å². The molecule has 0 aliphatic heterocycles. The number of pyridine rings is 1. The molecule has 0 aliphatic carbocycles. The lowest BCUT2D eigenvalue weighted by Crippen LogP contribution is -2.24. The van der Waals surface area contributed by atoms with Crippen LogP contribution in [0.4, 0.5) is 0 Å². The second-order valence-electron chi connectivity index (χ2n) is 6.86. The Balaban J connectivity index is 1.69. The molecule has 1 atom stereocenters. The highest BCUT2D eigenvalue weighted by atomic mass is 79.9. The van der Waals surface area contributed by atoms with Gasteiger partial charge >= 0.3 is 5.97 Å². The van der Waals surface area contributed by atoms with Crippen LogP contribution in [0.3, 0.4) is 0 Å². The highest BCUT2D eigenvalue weighted by Gasteiger charge is 2.22. The van der Waals surface area contributed by atoms with E-state index in [1.54, 1.807) is 37.3 Å². The summed E-state index contributed by atoms with van der Waals surface area (Å²) in [5, 5.41) is 0.683. The summed E-state index contributed by atoms with van der Waals surface area (Å²) in [5.41, 5.74) is 3.12. The van der Waals surface area contributed by atoms with E-state index in [0.29, 0.717) is 27.7 Å². The summed E-state index contributed by atoms with van der Waals surface area (Å²) in [6.45, 7) is 1.59. The van der Waals surface area contributed by atoms with Crippen molar-refractivity contribution in [2.45, 2.75) is 13.0 Å². The molecule has 0 spiro atoms. The lowest BCUT2D eigenvalue weighted by atomic mass is 10.0. The number of halogens is 1. The summed E-state index contributed by atoms with van der Waals surface area (Å²) in [6, 6.07) is 25.6. The maximum atomic E-state index is 13.0. The number of nitrogens with zero attached hydrogens (tertiary/aromatic N) is 1. The topological polar surface area (TPSA) is 56.3 Å². The number of carbonyl (C=O) groups is 2. The van der Waals surface area contributed by atoms with E-state index in [9.17, 15) is 9.59 Å². The predicted molar refractivity (Wildman–Crippen MR) is 121 cm³/mol. The molecule has 3 aromatic carbocycles. The number of aromatic nitrogens is 1. The lowest BCUT2D eigenvalue weighted by Gasteiger charge is -2.14. The molecule has 0 amide bonds. The summed E-state index contributed by atoms with van der Waals surface area (Å²) < 4.78 is 6.51. The standard InChI is InChI=1S/C25H18BrNO3/c1-16(24(28)18-7-3-2-4-8-18)30-25(29)21-15-23(17-11-13-19(26)14-12-17)27-22-10-6-5-9-20(21)22/h2-16H,1H3/t16-/m0/s1. The minimum absolute atomic E-state index is 0.240. The number of Topliss-reactive ketones (excluding diaryl/α,β-unsaturated/α-hetero) is 1. The molecule has 0 unspecified atom stereocenters. The molecule has 30 heavy (non-hydrogen) atoms. The molecule has 5 heteroatoms. The van der Waals surface area contributed by atoms with Gasteiger partial charge in [0.25, 0.3) is 0 Å². The number of ketones is 1. The molecule has 0 aliphatic rings. The number of fused-ring (bicyclic) bond motifs is 1. The minimum atomic E-state index is -0.900. The molecule has 4 rings (SSSR count). The van der Waals surface area contributed by atoms with Gasteiger partial charge in [-0.1, -0.05) is 76.6 Å². The van der Waals surface area contributed by atoms with Crippen molar-refractivity contribution in [2.75, 3.05) is 0 Å². The normalized spacial score (nSPS) is 11.8. The molecule has 1 heterocycles. The van der Waals surface area contributed by atoms with Crippen molar-refractivity contribution in [1.82, 2.24) is 4.98 Å². The fourth-order valence-electron chi connectivity index (χ4n) is 3.23. The number of para-hydroxylation sites is 1. The van der Waals surface area contributed by atoms with Crippen LogP contribution in [0.5, 0.6) is 0 Å². The molecule has 148 valence electrons. The zero-order chi connectivity index (χ0) is 21.1. The molecule has 0 radical (unpaired) electrons. The molecule has 4 nitrogen and oxygen atoms in total. The maximum absolute atomic E-state index is 13.0. The number of esters is 1. The van der Waals surface area contributed by atoms with Gasteiger partial charge in [-0.05, 0) is 31.2 Å². The molecular weight excluding hydrogens is 442 g/mol. The zero-order valence-corrected chi connectivity index (χ0v) is 17.8. The smallest absolute Gasteiger partial charge is 0.339 e. The van der Waals surface area contributed by atoms with Gasteiger partial charge in [-0.15, -0.1) is 0 Å². The lowest BCUT2D eigenvalue weighted by molar-refractivity contribution is 0.0320.